The summed E-state index contributed by atoms with van der Waals surface area (Å²) in [6, 6.07) is 3.99. The van der Waals surface area contributed by atoms with Crippen LogP contribution in [-0.2, 0) is 14.8 Å². The smallest absolute Gasteiger partial charge is 0.337 e. The standard InChI is InChI=1S/C16H23ClN2O4S/c1-11-5-3-4-8-16(11,10-18)19-24(21,22)14-7-6-12(9-13(14)17)15(20)23-2/h6-7,9,11,19H,3-5,8,10,18H2,1-2H3. The summed E-state index contributed by atoms with van der Waals surface area (Å²) in [6.07, 6.45) is 3.62. The van der Waals surface area contributed by atoms with E-state index in [0.717, 1.165) is 19.3 Å². The molecule has 1 saturated carbocycles. The first-order valence-electron chi connectivity index (χ1n) is 7.87. The molecule has 8 heteroatoms. The molecule has 3 N–H and O–H groups in total. The van der Waals surface area contributed by atoms with Crippen LogP contribution in [0.15, 0.2) is 23.1 Å². The maximum Gasteiger partial charge on any atom is 0.337 e. The number of sulfonamides is 1. The highest BCUT2D eigenvalue weighted by Crippen LogP contribution is 2.35. The van der Waals surface area contributed by atoms with E-state index in [9.17, 15) is 13.2 Å². The fourth-order valence-electron chi connectivity index (χ4n) is 3.20. The van der Waals surface area contributed by atoms with Crippen LogP contribution in [0.4, 0.5) is 0 Å². The Bertz CT molecular complexity index is 723. The third-order valence-electron chi connectivity index (χ3n) is 4.80. The van der Waals surface area contributed by atoms with E-state index < -0.39 is 21.5 Å². The number of carbonyl (C=O) groups is 1. The number of halogens is 1. The average molecular weight is 375 g/mol. The first-order chi connectivity index (χ1) is 11.3. The summed E-state index contributed by atoms with van der Waals surface area (Å²) in [5.74, 6) is -0.438. The van der Waals surface area contributed by atoms with Gasteiger partial charge in [0.05, 0.1) is 17.7 Å². The van der Waals surface area contributed by atoms with E-state index in [1.54, 1.807) is 0 Å². The van der Waals surface area contributed by atoms with Crippen molar-refractivity contribution in [2.24, 2.45) is 11.7 Å². The summed E-state index contributed by atoms with van der Waals surface area (Å²) in [4.78, 5) is 11.5. The van der Waals surface area contributed by atoms with Crippen LogP contribution in [0.25, 0.3) is 0 Å². The van der Waals surface area contributed by atoms with Gasteiger partial charge in [0, 0.05) is 12.1 Å². The summed E-state index contributed by atoms with van der Waals surface area (Å²) < 4.78 is 33.0. The molecule has 1 aliphatic rings. The molecule has 134 valence electrons. The van der Waals surface area contributed by atoms with Crippen LogP contribution < -0.4 is 10.5 Å². The lowest BCUT2D eigenvalue weighted by Gasteiger charge is -2.42. The van der Waals surface area contributed by atoms with Gasteiger partial charge in [-0.2, -0.15) is 0 Å². The minimum absolute atomic E-state index is 0.0268. The second-order valence-corrected chi connectivity index (χ2v) is 8.31. The molecule has 6 nitrogen and oxygen atoms in total. The topological polar surface area (TPSA) is 98.5 Å². The van der Waals surface area contributed by atoms with Crippen LogP contribution in [-0.4, -0.2) is 33.6 Å². The van der Waals surface area contributed by atoms with Gasteiger partial charge >= 0.3 is 5.97 Å². The minimum Gasteiger partial charge on any atom is -0.465 e. The van der Waals surface area contributed by atoms with E-state index in [1.807, 2.05) is 6.92 Å². The highest BCUT2D eigenvalue weighted by Gasteiger charge is 2.41. The van der Waals surface area contributed by atoms with E-state index in [-0.39, 0.29) is 27.9 Å². The van der Waals surface area contributed by atoms with Crippen molar-refractivity contribution >= 4 is 27.6 Å². The van der Waals surface area contributed by atoms with E-state index in [4.69, 9.17) is 17.3 Å². The molecule has 0 radical (unpaired) electrons. The molecular formula is C16H23ClN2O4S. The monoisotopic (exact) mass is 374 g/mol. The number of rotatable bonds is 5. The zero-order valence-electron chi connectivity index (χ0n) is 13.8. The molecule has 1 aromatic rings. The summed E-state index contributed by atoms with van der Waals surface area (Å²) >= 11 is 6.10. The molecule has 2 rings (SSSR count). The van der Waals surface area contributed by atoms with Gasteiger partial charge < -0.3 is 10.5 Å². The SMILES string of the molecule is COC(=O)c1ccc(S(=O)(=O)NC2(CN)CCCCC2C)c(Cl)c1. The Morgan fingerprint density at radius 1 is 1.46 bits per heavy atom. The molecule has 1 aromatic carbocycles. The Hall–Kier alpha value is -1.15. The van der Waals surface area contributed by atoms with Crippen LogP contribution in [0.3, 0.4) is 0 Å². The van der Waals surface area contributed by atoms with Gasteiger partial charge in [0.2, 0.25) is 10.0 Å². The van der Waals surface area contributed by atoms with Gasteiger partial charge in [-0.3, -0.25) is 0 Å². The largest absolute Gasteiger partial charge is 0.465 e. The number of benzene rings is 1. The Balaban J connectivity index is 2.35. The van der Waals surface area contributed by atoms with Crippen LogP contribution in [0.5, 0.6) is 0 Å². The highest BCUT2D eigenvalue weighted by molar-refractivity contribution is 7.89. The lowest BCUT2D eigenvalue weighted by atomic mass is 9.74. The minimum atomic E-state index is -3.86. The average Bonchev–Trinajstić information content (AvgIpc) is 2.55. The Labute approximate surface area is 147 Å². The molecular weight excluding hydrogens is 352 g/mol. The Kier molecular flexibility index (Phi) is 5.91. The van der Waals surface area contributed by atoms with Gasteiger partial charge in [0.25, 0.3) is 0 Å². The number of nitrogens with one attached hydrogen (secondary N) is 1. The van der Waals surface area contributed by atoms with E-state index in [2.05, 4.69) is 9.46 Å². The van der Waals surface area contributed by atoms with Crippen LogP contribution in [0, 0.1) is 5.92 Å². The van der Waals surface area contributed by atoms with Crippen LogP contribution in [0.2, 0.25) is 5.02 Å². The summed E-state index contributed by atoms with van der Waals surface area (Å²) in [5.41, 5.74) is 5.44. The predicted octanol–water partition coefficient (Wildman–Crippen LogP) is 2.31. The Morgan fingerprint density at radius 2 is 2.17 bits per heavy atom. The van der Waals surface area contributed by atoms with Crippen molar-refractivity contribution in [1.29, 1.82) is 0 Å². The molecule has 1 aliphatic carbocycles. The molecule has 1 fully saturated rings. The van der Waals surface area contributed by atoms with E-state index in [0.29, 0.717) is 6.42 Å². The molecule has 0 aliphatic heterocycles. The molecule has 2 unspecified atom stereocenters. The van der Waals surface area contributed by atoms with Crippen molar-refractivity contribution in [3.05, 3.63) is 28.8 Å². The van der Waals surface area contributed by atoms with Gasteiger partial charge in [-0.15, -0.1) is 0 Å². The van der Waals surface area contributed by atoms with Gasteiger partial charge in [0.1, 0.15) is 4.90 Å². The molecule has 0 aromatic heterocycles. The first-order valence-corrected chi connectivity index (χ1v) is 9.74. The number of esters is 1. The van der Waals surface area contributed by atoms with Crippen LogP contribution in [0.1, 0.15) is 43.0 Å². The van der Waals surface area contributed by atoms with Crippen molar-refractivity contribution < 1.29 is 17.9 Å². The number of hydrogen-bond donors (Lipinski definition) is 2. The fraction of sp³-hybridized carbons (Fsp3) is 0.562. The van der Waals surface area contributed by atoms with Gasteiger partial charge in [0.15, 0.2) is 0 Å². The molecule has 24 heavy (non-hydrogen) atoms. The number of carbonyl (C=O) groups excluding carboxylic acids is 1. The van der Waals surface area contributed by atoms with Crippen molar-refractivity contribution in [2.45, 2.75) is 43.0 Å². The number of methoxy groups -OCH3 is 1. The number of ether oxygens (including phenoxy) is 1. The molecule has 0 heterocycles. The lowest BCUT2D eigenvalue weighted by molar-refractivity contribution is 0.0600. The molecule has 0 bridgehead atoms. The summed E-state index contributed by atoms with van der Waals surface area (Å²) in [7, 11) is -2.61. The summed E-state index contributed by atoms with van der Waals surface area (Å²) in [5, 5.41) is -0.0268. The molecule has 0 saturated heterocycles. The number of nitrogens with two attached hydrogens (primary N) is 1. The second-order valence-electron chi connectivity index (χ2n) is 6.25. The van der Waals surface area contributed by atoms with Gasteiger partial charge in [-0.1, -0.05) is 31.4 Å². The second kappa shape index (κ2) is 7.39. The maximum absolute atomic E-state index is 12.8. The number of hydrogen-bond acceptors (Lipinski definition) is 5. The zero-order valence-corrected chi connectivity index (χ0v) is 15.4. The Morgan fingerprint density at radius 3 is 2.71 bits per heavy atom. The molecule has 2 atom stereocenters. The van der Waals surface area contributed by atoms with Gasteiger partial charge in [-0.05, 0) is 37.0 Å². The third-order valence-corrected chi connectivity index (χ3v) is 6.83. The van der Waals surface area contributed by atoms with E-state index >= 15 is 0 Å². The fourth-order valence-corrected chi connectivity index (χ4v) is 5.28. The quantitative estimate of drug-likeness (QED) is 0.770. The highest BCUT2D eigenvalue weighted by atomic mass is 35.5. The van der Waals surface area contributed by atoms with Crippen molar-refractivity contribution in [1.82, 2.24) is 4.72 Å². The van der Waals surface area contributed by atoms with E-state index in [1.165, 1.54) is 25.3 Å². The summed E-state index contributed by atoms with van der Waals surface area (Å²) in [6.45, 7) is 2.24. The lowest BCUT2D eigenvalue weighted by Crippen LogP contribution is -2.58. The van der Waals surface area contributed by atoms with Crippen molar-refractivity contribution in [3.63, 3.8) is 0 Å². The van der Waals surface area contributed by atoms with Gasteiger partial charge in [-0.25, -0.2) is 17.9 Å². The first kappa shape index (κ1) is 19.2. The van der Waals surface area contributed by atoms with Crippen molar-refractivity contribution in [2.75, 3.05) is 13.7 Å². The normalized spacial score (nSPS) is 24.6. The van der Waals surface area contributed by atoms with Crippen LogP contribution >= 0.6 is 11.6 Å². The predicted molar refractivity (Wildman–Crippen MR) is 92.5 cm³/mol. The van der Waals surface area contributed by atoms with Crippen molar-refractivity contribution in [3.8, 4) is 0 Å². The maximum atomic E-state index is 12.8. The molecule has 0 amide bonds. The molecule has 0 spiro atoms. The zero-order chi connectivity index (χ0) is 18.0. The third kappa shape index (κ3) is 3.74.